The third kappa shape index (κ3) is 4.57. The second kappa shape index (κ2) is 9.75. The fraction of sp³-hybridized carbons (Fsp3) is 0.280. The standard InChI is InChI=1S/C25H26N6O3S/c1-3-23(32)30-11-4-5-17(10-12-30)31-19-7-6-16(26-2)13-18(19)28-25(31)29-24(33)22-9-8-21(35-22)20-14-27-15-34-20/h3,6-9,13-15,17,26H,1,4-5,10-12H2,2H3,(H,28,29,33)/t17-/m1/s1. The predicted molar refractivity (Wildman–Crippen MR) is 137 cm³/mol. The van der Waals surface area contributed by atoms with Gasteiger partial charge in [0.15, 0.2) is 12.2 Å². The number of oxazole rings is 1. The Bertz CT molecular complexity index is 1370. The topological polar surface area (TPSA) is 105 Å². The zero-order valence-electron chi connectivity index (χ0n) is 19.4. The smallest absolute Gasteiger partial charge is 0.268 e. The average molecular weight is 491 g/mol. The van der Waals surface area contributed by atoms with E-state index in [1.807, 2.05) is 36.2 Å². The number of hydrogen-bond acceptors (Lipinski definition) is 7. The van der Waals surface area contributed by atoms with Gasteiger partial charge in [-0.2, -0.15) is 0 Å². The number of carbonyl (C=O) groups is 2. The maximum atomic E-state index is 13.2. The van der Waals surface area contributed by atoms with Gasteiger partial charge in [-0.05, 0) is 55.7 Å². The van der Waals surface area contributed by atoms with Crippen molar-refractivity contribution in [3.8, 4) is 10.6 Å². The fourth-order valence-corrected chi connectivity index (χ4v) is 5.35. The summed E-state index contributed by atoms with van der Waals surface area (Å²) in [7, 11) is 1.86. The molecule has 180 valence electrons. The van der Waals surface area contributed by atoms with Gasteiger partial charge in [0, 0.05) is 31.9 Å². The highest BCUT2D eigenvalue weighted by Gasteiger charge is 2.25. The van der Waals surface area contributed by atoms with Crippen molar-refractivity contribution in [3.05, 3.63) is 60.5 Å². The van der Waals surface area contributed by atoms with Gasteiger partial charge in [-0.1, -0.05) is 6.58 Å². The van der Waals surface area contributed by atoms with Gasteiger partial charge in [0.25, 0.3) is 5.91 Å². The third-order valence-electron chi connectivity index (χ3n) is 6.26. The molecule has 4 aromatic rings. The monoisotopic (exact) mass is 490 g/mol. The number of carbonyl (C=O) groups excluding carboxylic acids is 2. The molecule has 0 aliphatic carbocycles. The predicted octanol–water partition coefficient (Wildman–Crippen LogP) is 4.79. The Morgan fingerprint density at radius 2 is 2.11 bits per heavy atom. The highest BCUT2D eigenvalue weighted by atomic mass is 32.1. The molecule has 5 rings (SSSR count). The number of rotatable bonds is 6. The maximum Gasteiger partial charge on any atom is 0.268 e. The Kier molecular flexibility index (Phi) is 6.37. The first-order valence-corrected chi connectivity index (χ1v) is 12.3. The van der Waals surface area contributed by atoms with Crippen molar-refractivity contribution in [2.24, 2.45) is 0 Å². The average Bonchev–Trinajstić information content (AvgIpc) is 3.60. The molecule has 0 saturated carbocycles. The number of thiophene rings is 1. The van der Waals surface area contributed by atoms with E-state index in [0.717, 1.165) is 40.9 Å². The molecule has 0 unspecified atom stereocenters. The van der Waals surface area contributed by atoms with E-state index in [2.05, 4.69) is 26.8 Å². The fourth-order valence-electron chi connectivity index (χ4n) is 4.49. The van der Waals surface area contributed by atoms with Crippen molar-refractivity contribution < 1.29 is 14.0 Å². The number of benzene rings is 1. The Morgan fingerprint density at radius 1 is 1.23 bits per heavy atom. The minimum Gasteiger partial charge on any atom is -0.443 e. The van der Waals surface area contributed by atoms with Crippen molar-refractivity contribution in [2.45, 2.75) is 25.3 Å². The highest BCUT2D eigenvalue weighted by molar-refractivity contribution is 7.17. The summed E-state index contributed by atoms with van der Waals surface area (Å²) in [6, 6.07) is 9.70. The lowest BCUT2D eigenvalue weighted by atomic mass is 10.1. The van der Waals surface area contributed by atoms with E-state index in [1.54, 1.807) is 12.3 Å². The first-order chi connectivity index (χ1) is 17.1. The number of fused-ring (bicyclic) bond motifs is 1. The van der Waals surface area contributed by atoms with E-state index in [1.165, 1.54) is 23.8 Å². The van der Waals surface area contributed by atoms with Crippen molar-refractivity contribution in [3.63, 3.8) is 0 Å². The van der Waals surface area contributed by atoms with Crippen LogP contribution < -0.4 is 10.6 Å². The normalized spacial score (nSPS) is 16.1. The Hall–Kier alpha value is -3.92. The number of likely N-dealkylation sites (tertiary alicyclic amines) is 1. The zero-order valence-corrected chi connectivity index (χ0v) is 20.2. The molecule has 2 amide bonds. The van der Waals surface area contributed by atoms with Crippen LogP contribution in [-0.4, -0.2) is 51.4 Å². The van der Waals surface area contributed by atoms with E-state index in [-0.39, 0.29) is 17.9 Å². The molecule has 2 N–H and O–H groups in total. The van der Waals surface area contributed by atoms with Crippen LogP contribution in [0.2, 0.25) is 0 Å². The molecular weight excluding hydrogens is 464 g/mol. The lowest BCUT2D eigenvalue weighted by molar-refractivity contribution is -0.125. The number of anilines is 2. The molecular formula is C25H26N6O3S. The van der Waals surface area contributed by atoms with Gasteiger partial charge in [0.1, 0.15) is 0 Å². The molecule has 3 aromatic heterocycles. The van der Waals surface area contributed by atoms with Crippen LogP contribution in [0.15, 0.2) is 60.0 Å². The van der Waals surface area contributed by atoms with Gasteiger partial charge in [-0.25, -0.2) is 9.97 Å². The van der Waals surface area contributed by atoms with Gasteiger partial charge < -0.3 is 19.2 Å². The van der Waals surface area contributed by atoms with E-state index in [0.29, 0.717) is 29.7 Å². The molecule has 1 aromatic carbocycles. The van der Waals surface area contributed by atoms with Crippen molar-refractivity contribution in [1.29, 1.82) is 0 Å². The lowest BCUT2D eigenvalue weighted by Gasteiger charge is -2.21. The van der Waals surface area contributed by atoms with E-state index in [4.69, 9.17) is 9.40 Å². The van der Waals surface area contributed by atoms with Gasteiger partial charge in [0.05, 0.1) is 27.0 Å². The molecule has 0 bridgehead atoms. The number of hydrogen-bond donors (Lipinski definition) is 2. The molecule has 10 heteroatoms. The molecule has 1 aliphatic heterocycles. The highest BCUT2D eigenvalue weighted by Crippen LogP contribution is 2.33. The Labute approximate surface area is 206 Å². The van der Waals surface area contributed by atoms with E-state index in [9.17, 15) is 9.59 Å². The number of nitrogens with one attached hydrogen (secondary N) is 2. The second-order valence-corrected chi connectivity index (χ2v) is 9.44. The first-order valence-electron chi connectivity index (χ1n) is 11.5. The zero-order chi connectivity index (χ0) is 24.4. The minimum atomic E-state index is -0.233. The van der Waals surface area contributed by atoms with Crippen LogP contribution in [0.4, 0.5) is 11.6 Å². The largest absolute Gasteiger partial charge is 0.443 e. The summed E-state index contributed by atoms with van der Waals surface area (Å²) in [6.45, 7) is 4.94. The van der Waals surface area contributed by atoms with Crippen LogP contribution in [0.25, 0.3) is 21.7 Å². The van der Waals surface area contributed by atoms with Gasteiger partial charge in [-0.3, -0.25) is 14.9 Å². The minimum absolute atomic E-state index is 0.0476. The summed E-state index contributed by atoms with van der Waals surface area (Å²) < 4.78 is 7.46. The summed E-state index contributed by atoms with van der Waals surface area (Å²) in [6.07, 6.45) is 6.85. The summed E-state index contributed by atoms with van der Waals surface area (Å²) in [5.41, 5.74) is 2.68. The third-order valence-corrected chi connectivity index (χ3v) is 7.36. The number of imidazole rings is 1. The van der Waals surface area contributed by atoms with Gasteiger partial charge in [-0.15, -0.1) is 11.3 Å². The molecule has 9 nitrogen and oxygen atoms in total. The molecule has 1 fully saturated rings. The Morgan fingerprint density at radius 3 is 2.89 bits per heavy atom. The van der Waals surface area contributed by atoms with Gasteiger partial charge >= 0.3 is 0 Å². The molecule has 0 spiro atoms. The first kappa shape index (κ1) is 22.9. The van der Waals surface area contributed by atoms with Crippen LogP contribution in [0, 0.1) is 0 Å². The SMILES string of the molecule is C=CC(=O)N1CCC[C@@H](n2c(NC(=O)c3ccc(-c4cnco4)s3)nc3cc(NC)ccc32)CC1. The molecule has 4 heterocycles. The molecule has 1 atom stereocenters. The Balaban J connectivity index is 1.46. The molecule has 1 saturated heterocycles. The van der Waals surface area contributed by atoms with Crippen LogP contribution in [-0.2, 0) is 4.79 Å². The molecule has 35 heavy (non-hydrogen) atoms. The van der Waals surface area contributed by atoms with Crippen LogP contribution in [0.3, 0.4) is 0 Å². The molecule has 0 radical (unpaired) electrons. The summed E-state index contributed by atoms with van der Waals surface area (Å²) >= 11 is 1.34. The number of nitrogens with zero attached hydrogens (tertiary/aromatic N) is 4. The summed E-state index contributed by atoms with van der Waals surface area (Å²) in [4.78, 5) is 37.3. The van der Waals surface area contributed by atoms with Crippen LogP contribution in [0.5, 0.6) is 0 Å². The number of aromatic nitrogens is 3. The quantitative estimate of drug-likeness (QED) is 0.377. The van der Waals surface area contributed by atoms with Gasteiger partial charge in [0.2, 0.25) is 11.9 Å². The molecule has 1 aliphatic rings. The van der Waals surface area contributed by atoms with Crippen LogP contribution in [0.1, 0.15) is 35.0 Å². The van der Waals surface area contributed by atoms with E-state index < -0.39 is 0 Å². The van der Waals surface area contributed by atoms with Crippen LogP contribution >= 0.6 is 11.3 Å². The van der Waals surface area contributed by atoms with Crippen molar-refractivity contribution >= 4 is 45.8 Å². The van der Waals surface area contributed by atoms with Crippen molar-refractivity contribution in [1.82, 2.24) is 19.4 Å². The van der Waals surface area contributed by atoms with E-state index >= 15 is 0 Å². The lowest BCUT2D eigenvalue weighted by Crippen LogP contribution is -2.30. The maximum absolute atomic E-state index is 13.2. The summed E-state index contributed by atoms with van der Waals surface area (Å²) in [5, 5.41) is 6.18. The summed E-state index contributed by atoms with van der Waals surface area (Å²) in [5.74, 6) is 0.844. The van der Waals surface area contributed by atoms with Crippen molar-refractivity contribution in [2.75, 3.05) is 30.8 Å². The second-order valence-electron chi connectivity index (χ2n) is 8.36. The number of amides is 2.